The highest BCUT2D eigenvalue weighted by Gasteiger charge is 2.41. The maximum Gasteiger partial charge on any atom is 0.416 e. The fourth-order valence-electron chi connectivity index (χ4n) is 7.05. The second kappa shape index (κ2) is 11.2. The molecule has 224 valence electrons. The van der Waals surface area contributed by atoms with Crippen LogP contribution in [0.25, 0.3) is 0 Å². The van der Waals surface area contributed by atoms with E-state index in [9.17, 15) is 36.2 Å². The predicted octanol–water partition coefficient (Wildman–Crippen LogP) is 7.60. The quantitative estimate of drug-likeness (QED) is 0.342. The number of nitrogens with zero attached hydrogens (tertiary/aromatic N) is 2. The summed E-state index contributed by atoms with van der Waals surface area (Å²) in [7, 11) is 2.06. The fraction of sp³-hybridized carbons (Fsp3) is 0.581. The van der Waals surface area contributed by atoms with Crippen molar-refractivity contribution in [2.24, 2.45) is 17.8 Å². The molecule has 2 aromatic rings. The number of aliphatic carboxylic acids is 1. The SMILES string of the molecule is C[C@H](C(=O)O)[C@H](c1ccc2c(c1)N(C)C(C1CCN(Cc3cc(C(F)(F)F)ccc3C(F)(F)F)CC1)CC2)C1CC1. The average Bonchev–Trinajstić information content (AvgIpc) is 3.74. The Balaban J connectivity index is 1.28. The lowest BCUT2D eigenvalue weighted by molar-refractivity contribution is -0.142. The molecule has 1 saturated heterocycles. The summed E-state index contributed by atoms with van der Waals surface area (Å²) in [6.45, 7) is 2.62. The second-order valence-electron chi connectivity index (χ2n) is 12.1. The normalized spacial score (nSPS) is 22.3. The zero-order chi connectivity index (χ0) is 29.7. The molecule has 1 N–H and O–H groups in total. The van der Waals surface area contributed by atoms with Crippen molar-refractivity contribution < 1.29 is 36.2 Å². The minimum Gasteiger partial charge on any atom is -0.481 e. The van der Waals surface area contributed by atoms with Gasteiger partial charge in [0.2, 0.25) is 0 Å². The van der Waals surface area contributed by atoms with Crippen LogP contribution in [0.5, 0.6) is 0 Å². The summed E-state index contributed by atoms with van der Waals surface area (Å²) in [6, 6.07) is 8.27. The molecule has 5 rings (SSSR count). The van der Waals surface area contributed by atoms with Gasteiger partial charge in [0.15, 0.2) is 0 Å². The fourth-order valence-corrected chi connectivity index (χ4v) is 7.05. The summed E-state index contributed by atoms with van der Waals surface area (Å²) < 4.78 is 80.4. The van der Waals surface area contributed by atoms with E-state index in [1.807, 2.05) is 4.90 Å². The van der Waals surface area contributed by atoms with Crippen LogP contribution in [-0.4, -0.2) is 42.2 Å². The molecular weight excluding hydrogens is 546 g/mol. The summed E-state index contributed by atoms with van der Waals surface area (Å²) in [6.07, 6.45) is -4.03. The predicted molar refractivity (Wildman–Crippen MR) is 144 cm³/mol. The van der Waals surface area contributed by atoms with Crippen molar-refractivity contribution in [2.45, 2.75) is 76.3 Å². The van der Waals surface area contributed by atoms with Crippen molar-refractivity contribution in [3.8, 4) is 0 Å². The molecule has 1 saturated carbocycles. The maximum atomic E-state index is 13.6. The zero-order valence-corrected chi connectivity index (χ0v) is 23.2. The van der Waals surface area contributed by atoms with Crippen molar-refractivity contribution in [3.63, 3.8) is 0 Å². The van der Waals surface area contributed by atoms with Crippen molar-refractivity contribution >= 4 is 11.7 Å². The zero-order valence-electron chi connectivity index (χ0n) is 23.2. The number of rotatable bonds is 7. The van der Waals surface area contributed by atoms with E-state index in [-0.39, 0.29) is 24.1 Å². The molecule has 3 atom stereocenters. The number of piperidine rings is 1. The minimum absolute atomic E-state index is 0.0211. The lowest BCUT2D eigenvalue weighted by atomic mass is 9.79. The number of likely N-dealkylation sites (tertiary alicyclic amines) is 1. The van der Waals surface area contributed by atoms with Gasteiger partial charge < -0.3 is 10.0 Å². The Morgan fingerprint density at radius 1 is 0.951 bits per heavy atom. The van der Waals surface area contributed by atoms with E-state index in [1.165, 1.54) is 5.56 Å². The van der Waals surface area contributed by atoms with Gasteiger partial charge in [-0.25, -0.2) is 0 Å². The lowest BCUT2D eigenvalue weighted by Crippen LogP contribution is -2.46. The molecule has 2 aliphatic heterocycles. The summed E-state index contributed by atoms with van der Waals surface area (Å²) >= 11 is 0. The molecule has 4 nitrogen and oxygen atoms in total. The van der Waals surface area contributed by atoms with Crippen LogP contribution in [0.1, 0.15) is 72.8 Å². The molecular formula is C31H36F6N2O2. The largest absolute Gasteiger partial charge is 0.481 e. The third kappa shape index (κ3) is 6.37. The molecule has 0 amide bonds. The molecule has 2 fully saturated rings. The monoisotopic (exact) mass is 582 g/mol. The van der Waals surface area contributed by atoms with Gasteiger partial charge in [0, 0.05) is 25.3 Å². The number of alkyl halides is 6. The Morgan fingerprint density at radius 2 is 1.63 bits per heavy atom. The molecule has 41 heavy (non-hydrogen) atoms. The van der Waals surface area contributed by atoms with E-state index in [2.05, 4.69) is 30.1 Å². The van der Waals surface area contributed by atoms with Crippen LogP contribution in [0.2, 0.25) is 0 Å². The number of halogens is 6. The first-order chi connectivity index (χ1) is 19.2. The molecule has 1 aliphatic carbocycles. The van der Waals surface area contributed by atoms with Crippen LogP contribution in [0.4, 0.5) is 32.0 Å². The third-order valence-corrected chi connectivity index (χ3v) is 9.45. The molecule has 10 heteroatoms. The number of carboxylic acid groups (broad SMARTS) is 1. The minimum atomic E-state index is -4.73. The summed E-state index contributed by atoms with van der Waals surface area (Å²) in [5.74, 6) is -0.585. The van der Waals surface area contributed by atoms with E-state index < -0.39 is 35.4 Å². The maximum absolute atomic E-state index is 13.6. The number of carboxylic acids is 1. The number of hydrogen-bond donors (Lipinski definition) is 1. The van der Waals surface area contributed by atoms with E-state index >= 15 is 0 Å². The summed E-state index contributed by atoms with van der Waals surface area (Å²) in [5.41, 5.74) is 0.968. The van der Waals surface area contributed by atoms with Gasteiger partial charge in [-0.1, -0.05) is 19.1 Å². The Morgan fingerprint density at radius 3 is 2.22 bits per heavy atom. The van der Waals surface area contributed by atoms with Crippen molar-refractivity contribution in [3.05, 3.63) is 64.2 Å². The third-order valence-electron chi connectivity index (χ3n) is 9.45. The Hall–Kier alpha value is -2.75. The van der Waals surface area contributed by atoms with Crippen LogP contribution < -0.4 is 4.90 Å². The van der Waals surface area contributed by atoms with Crippen LogP contribution in [0, 0.1) is 17.8 Å². The van der Waals surface area contributed by atoms with Gasteiger partial charge in [-0.05, 0) is 110 Å². The van der Waals surface area contributed by atoms with Crippen LogP contribution in [0.15, 0.2) is 36.4 Å². The number of carbonyl (C=O) groups is 1. The van der Waals surface area contributed by atoms with Gasteiger partial charge in [0.1, 0.15) is 0 Å². The highest BCUT2D eigenvalue weighted by atomic mass is 19.4. The van der Waals surface area contributed by atoms with Crippen LogP contribution in [0.3, 0.4) is 0 Å². The van der Waals surface area contributed by atoms with E-state index in [1.54, 1.807) is 6.92 Å². The second-order valence-corrected chi connectivity index (χ2v) is 12.1. The highest BCUT2D eigenvalue weighted by molar-refractivity contribution is 5.71. The first kappa shape index (κ1) is 29.7. The number of aryl methyl sites for hydroxylation is 1. The smallest absolute Gasteiger partial charge is 0.416 e. The summed E-state index contributed by atoms with van der Waals surface area (Å²) in [5, 5.41) is 9.69. The van der Waals surface area contributed by atoms with Crippen molar-refractivity contribution in [1.29, 1.82) is 0 Å². The summed E-state index contributed by atoms with van der Waals surface area (Å²) in [4.78, 5) is 15.9. The first-order valence-electron chi connectivity index (χ1n) is 14.3. The standard InChI is InChI=1S/C31H36F6N2O2/c1-18(29(40)41)28(21-4-5-21)22-6-3-19-7-10-26(38(2)27(19)16-22)20-11-13-39(14-12-20)17-23-15-24(30(32,33)34)8-9-25(23)31(35,36)37/h3,6,8-9,15-16,18,20-21,26,28H,4-5,7,10-14,17H2,1-2H3,(H,40,41)/t18-,26?,28-/m0/s1. The van der Waals surface area contributed by atoms with Gasteiger partial charge in [-0.15, -0.1) is 0 Å². The van der Waals surface area contributed by atoms with Crippen molar-refractivity contribution in [1.82, 2.24) is 4.90 Å². The number of hydrogen-bond acceptors (Lipinski definition) is 3. The first-order valence-corrected chi connectivity index (χ1v) is 14.3. The number of fused-ring (bicyclic) bond motifs is 1. The molecule has 3 aliphatic rings. The Bertz CT molecular complexity index is 1260. The Labute approximate surface area is 236 Å². The molecule has 0 spiro atoms. The van der Waals surface area contributed by atoms with Gasteiger partial charge in [0.05, 0.1) is 17.0 Å². The van der Waals surface area contributed by atoms with Crippen molar-refractivity contribution in [2.75, 3.05) is 25.0 Å². The van der Waals surface area contributed by atoms with Gasteiger partial charge in [0.25, 0.3) is 0 Å². The topological polar surface area (TPSA) is 43.8 Å². The van der Waals surface area contributed by atoms with Gasteiger partial charge in [-0.3, -0.25) is 9.69 Å². The van der Waals surface area contributed by atoms with Crippen LogP contribution in [-0.2, 0) is 30.1 Å². The van der Waals surface area contributed by atoms with Gasteiger partial charge in [-0.2, -0.15) is 26.3 Å². The molecule has 2 aromatic carbocycles. The molecule has 2 heterocycles. The van der Waals surface area contributed by atoms with Gasteiger partial charge >= 0.3 is 18.3 Å². The molecule has 0 bridgehead atoms. The van der Waals surface area contributed by atoms with Crippen LogP contribution >= 0.6 is 0 Å². The number of anilines is 1. The van der Waals surface area contributed by atoms with E-state index in [0.717, 1.165) is 49.8 Å². The number of benzene rings is 2. The lowest BCUT2D eigenvalue weighted by Gasteiger charge is -2.44. The highest BCUT2D eigenvalue weighted by Crippen LogP contribution is 2.48. The molecule has 0 aromatic heterocycles. The van der Waals surface area contributed by atoms with E-state index in [0.29, 0.717) is 43.1 Å². The average molecular weight is 583 g/mol. The van der Waals surface area contributed by atoms with E-state index in [4.69, 9.17) is 0 Å². The Kier molecular flexibility index (Phi) is 8.09. The molecule has 0 radical (unpaired) electrons. The molecule has 1 unspecified atom stereocenters.